The molecule has 0 aliphatic carbocycles. The van der Waals surface area contributed by atoms with E-state index >= 15 is 0 Å². The summed E-state index contributed by atoms with van der Waals surface area (Å²) in [7, 11) is 0. The molecule has 1 unspecified atom stereocenters. The summed E-state index contributed by atoms with van der Waals surface area (Å²) in [6, 6.07) is 13.2. The van der Waals surface area contributed by atoms with E-state index in [2.05, 4.69) is 26.4 Å². The van der Waals surface area contributed by atoms with Crippen LogP contribution in [0.2, 0.25) is 0 Å². The Hall–Kier alpha value is -2.74. The van der Waals surface area contributed by atoms with E-state index in [9.17, 15) is 14.9 Å². The number of non-ortho nitro benzene ring substituents is 1. The highest BCUT2D eigenvalue weighted by Gasteiger charge is 2.11. The van der Waals surface area contributed by atoms with Gasteiger partial charge in [0.15, 0.2) is 0 Å². The first-order valence-corrected chi connectivity index (χ1v) is 7.75. The molecular weight excluding hydrogens is 378 g/mol. The Bertz CT molecular complexity index is 779. The van der Waals surface area contributed by atoms with Gasteiger partial charge in [-0.25, -0.2) is 0 Å². The molecule has 1 N–H and O–H groups in total. The molecule has 0 saturated carbocycles. The number of nitro groups is 1. The van der Waals surface area contributed by atoms with Crippen LogP contribution in [-0.4, -0.2) is 17.0 Å². The largest absolute Gasteiger partial charge is 0.388 e. The zero-order valence-electron chi connectivity index (χ0n) is 12.7. The van der Waals surface area contributed by atoms with E-state index in [4.69, 9.17) is 4.84 Å². The maximum atomic E-state index is 11.8. The van der Waals surface area contributed by atoms with Gasteiger partial charge < -0.3 is 10.2 Å². The minimum Gasteiger partial charge on any atom is -0.388 e. The van der Waals surface area contributed by atoms with Crippen molar-refractivity contribution in [3.63, 3.8) is 0 Å². The number of halogens is 1. The zero-order chi connectivity index (χ0) is 17.5. The van der Waals surface area contributed by atoms with E-state index in [1.807, 2.05) is 6.07 Å². The number of nitrogens with one attached hydrogen (secondary N) is 1. The molecule has 24 heavy (non-hydrogen) atoms. The number of nitrogens with zero attached hydrogens (tertiary/aromatic N) is 2. The Morgan fingerprint density at radius 1 is 1.33 bits per heavy atom. The SMILES string of the molecule is CC(O/N=C/C(=O)Nc1ccccc1Br)c1cccc([N+](=O)[O-])c1. The summed E-state index contributed by atoms with van der Waals surface area (Å²) in [6.07, 6.45) is 0.477. The molecule has 7 nitrogen and oxygen atoms in total. The van der Waals surface area contributed by atoms with Crippen LogP contribution >= 0.6 is 15.9 Å². The van der Waals surface area contributed by atoms with Gasteiger partial charge in [0, 0.05) is 22.2 Å². The molecule has 2 aromatic rings. The Morgan fingerprint density at radius 3 is 2.79 bits per heavy atom. The lowest BCUT2D eigenvalue weighted by Crippen LogP contribution is -2.13. The van der Waals surface area contributed by atoms with Crippen LogP contribution in [0.3, 0.4) is 0 Å². The molecule has 0 aliphatic rings. The number of benzene rings is 2. The summed E-state index contributed by atoms with van der Waals surface area (Å²) in [4.78, 5) is 27.2. The van der Waals surface area contributed by atoms with Gasteiger partial charge in [0.1, 0.15) is 12.3 Å². The highest BCUT2D eigenvalue weighted by Crippen LogP contribution is 2.22. The highest BCUT2D eigenvalue weighted by atomic mass is 79.9. The van der Waals surface area contributed by atoms with Crippen LogP contribution in [0.1, 0.15) is 18.6 Å². The van der Waals surface area contributed by atoms with Gasteiger partial charge >= 0.3 is 0 Å². The molecule has 0 heterocycles. The van der Waals surface area contributed by atoms with Crippen LogP contribution in [-0.2, 0) is 9.63 Å². The molecular formula is C16H14BrN3O4. The van der Waals surface area contributed by atoms with Crippen molar-refractivity contribution in [2.24, 2.45) is 5.16 Å². The number of rotatable bonds is 6. The third kappa shape index (κ3) is 4.88. The average Bonchev–Trinajstić information content (AvgIpc) is 2.57. The van der Waals surface area contributed by atoms with Crippen molar-refractivity contribution in [3.05, 3.63) is 68.7 Å². The Morgan fingerprint density at radius 2 is 2.08 bits per heavy atom. The standard InChI is InChI=1S/C16H14BrN3O4/c1-11(12-5-4-6-13(9-12)20(22)23)24-18-10-16(21)19-15-8-3-2-7-14(15)17/h2-11H,1H3,(H,19,21)/b18-10+. The lowest BCUT2D eigenvalue weighted by Gasteiger charge is -2.09. The summed E-state index contributed by atoms with van der Waals surface area (Å²) in [6.45, 7) is 1.68. The van der Waals surface area contributed by atoms with Crippen molar-refractivity contribution in [3.8, 4) is 0 Å². The summed E-state index contributed by atoms with van der Waals surface area (Å²) in [5.41, 5.74) is 1.17. The minimum atomic E-state index is -0.530. The Kier molecular flexibility index (Phi) is 6.02. The van der Waals surface area contributed by atoms with Crippen LogP contribution in [0.15, 0.2) is 58.2 Å². The van der Waals surface area contributed by atoms with Crippen molar-refractivity contribution in [2.45, 2.75) is 13.0 Å². The second kappa shape index (κ2) is 8.21. The average molecular weight is 392 g/mol. The zero-order valence-corrected chi connectivity index (χ0v) is 14.3. The number of nitro benzene ring substituents is 1. The molecule has 0 saturated heterocycles. The second-order valence-corrected chi connectivity index (χ2v) is 5.66. The Labute approximate surface area is 146 Å². The van der Waals surface area contributed by atoms with Crippen LogP contribution < -0.4 is 5.32 Å². The van der Waals surface area contributed by atoms with E-state index in [0.29, 0.717) is 11.3 Å². The fraction of sp³-hybridized carbons (Fsp3) is 0.125. The minimum absolute atomic E-state index is 0.0291. The van der Waals surface area contributed by atoms with E-state index in [0.717, 1.165) is 10.7 Å². The molecule has 0 aromatic heterocycles. The number of para-hydroxylation sites is 1. The summed E-state index contributed by atoms with van der Waals surface area (Å²) >= 11 is 3.32. The number of amides is 1. The summed E-state index contributed by atoms with van der Waals surface area (Å²) < 4.78 is 0.748. The number of carbonyl (C=O) groups is 1. The summed E-state index contributed by atoms with van der Waals surface area (Å²) in [5, 5.41) is 17.0. The van der Waals surface area contributed by atoms with Gasteiger partial charge in [-0.2, -0.15) is 0 Å². The second-order valence-electron chi connectivity index (χ2n) is 4.80. The molecule has 0 aliphatic heterocycles. The molecule has 2 rings (SSSR count). The van der Waals surface area contributed by atoms with Crippen molar-refractivity contribution >= 4 is 39.4 Å². The van der Waals surface area contributed by atoms with Crippen molar-refractivity contribution < 1.29 is 14.6 Å². The summed E-state index contributed by atoms with van der Waals surface area (Å²) in [5.74, 6) is -0.451. The maximum Gasteiger partial charge on any atom is 0.270 e. The highest BCUT2D eigenvalue weighted by molar-refractivity contribution is 9.10. The monoisotopic (exact) mass is 391 g/mol. The fourth-order valence-corrected chi connectivity index (χ4v) is 2.23. The predicted octanol–water partition coefficient (Wildman–Crippen LogP) is 4.06. The van der Waals surface area contributed by atoms with Crippen LogP contribution in [0, 0.1) is 10.1 Å². The molecule has 2 aromatic carbocycles. The first-order valence-electron chi connectivity index (χ1n) is 6.96. The number of hydrogen-bond acceptors (Lipinski definition) is 5. The quantitative estimate of drug-likeness (QED) is 0.456. The topological polar surface area (TPSA) is 93.8 Å². The number of anilines is 1. The first kappa shape index (κ1) is 17.6. The van der Waals surface area contributed by atoms with Crippen LogP contribution in [0.5, 0.6) is 0 Å². The third-order valence-electron chi connectivity index (χ3n) is 3.07. The lowest BCUT2D eigenvalue weighted by atomic mass is 10.1. The smallest absolute Gasteiger partial charge is 0.270 e. The molecule has 1 atom stereocenters. The number of carbonyl (C=O) groups excluding carboxylic acids is 1. The van der Waals surface area contributed by atoms with Gasteiger partial charge in [-0.05, 0) is 35.0 Å². The van der Waals surface area contributed by atoms with Gasteiger partial charge in [0.05, 0.1) is 10.6 Å². The van der Waals surface area contributed by atoms with Gasteiger partial charge in [0.25, 0.3) is 11.6 Å². The number of oxime groups is 1. The molecule has 0 radical (unpaired) electrons. The molecule has 0 spiro atoms. The maximum absolute atomic E-state index is 11.8. The molecule has 124 valence electrons. The third-order valence-corrected chi connectivity index (χ3v) is 3.76. The molecule has 0 bridgehead atoms. The number of hydrogen-bond donors (Lipinski definition) is 1. The van der Waals surface area contributed by atoms with Gasteiger partial charge in [0.2, 0.25) is 0 Å². The van der Waals surface area contributed by atoms with Crippen LogP contribution in [0.4, 0.5) is 11.4 Å². The van der Waals surface area contributed by atoms with Gasteiger partial charge in [-0.15, -0.1) is 0 Å². The van der Waals surface area contributed by atoms with Gasteiger partial charge in [-0.3, -0.25) is 14.9 Å². The van der Waals surface area contributed by atoms with E-state index in [1.54, 1.807) is 37.3 Å². The van der Waals surface area contributed by atoms with Gasteiger partial charge in [-0.1, -0.05) is 29.4 Å². The Balaban J connectivity index is 1.93. The molecule has 1 amide bonds. The van der Waals surface area contributed by atoms with Crippen LogP contribution in [0.25, 0.3) is 0 Å². The van der Waals surface area contributed by atoms with Crippen molar-refractivity contribution in [1.82, 2.24) is 0 Å². The van der Waals surface area contributed by atoms with E-state index in [1.165, 1.54) is 12.1 Å². The molecule has 8 heteroatoms. The van der Waals surface area contributed by atoms with E-state index < -0.39 is 16.9 Å². The normalized spacial score (nSPS) is 11.9. The van der Waals surface area contributed by atoms with Crippen molar-refractivity contribution in [1.29, 1.82) is 0 Å². The van der Waals surface area contributed by atoms with E-state index in [-0.39, 0.29) is 5.69 Å². The fourth-order valence-electron chi connectivity index (χ4n) is 1.85. The first-order chi connectivity index (χ1) is 11.5. The predicted molar refractivity (Wildman–Crippen MR) is 93.9 cm³/mol. The molecule has 0 fully saturated rings. The van der Waals surface area contributed by atoms with Crippen molar-refractivity contribution in [2.75, 3.05) is 5.32 Å². The lowest BCUT2D eigenvalue weighted by molar-refractivity contribution is -0.385.